The Balaban J connectivity index is 1.55. The molecule has 1 saturated carbocycles. The molecule has 4 nitrogen and oxygen atoms in total. The molecule has 3 rings (SSSR count). The molecule has 1 aromatic heterocycles. The maximum atomic E-state index is 11.4. The second kappa shape index (κ2) is 6.69. The highest BCUT2D eigenvalue weighted by Gasteiger charge is 2.23. The number of aliphatic hydroxyl groups is 1. The molecule has 0 spiro atoms. The minimum absolute atomic E-state index is 0.0913. The van der Waals surface area contributed by atoms with Crippen LogP contribution >= 0.6 is 23.1 Å². The van der Waals surface area contributed by atoms with E-state index in [2.05, 4.69) is 23.6 Å². The highest BCUT2D eigenvalue weighted by molar-refractivity contribution is 8.02. The molecule has 3 atom stereocenters. The van der Waals surface area contributed by atoms with E-state index in [0.717, 1.165) is 31.5 Å². The van der Waals surface area contributed by atoms with Gasteiger partial charge in [0.05, 0.1) is 21.8 Å². The number of thioether (sulfide) groups is 1. The Labute approximate surface area is 133 Å². The summed E-state index contributed by atoms with van der Waals surface area (Å²) in [7, 11) is 0. The second-order valence-electron chi connectivity index (χ2n) is 6.00. The molecule has 1 aliphatic carbocycles. The van der Waals surface area contributed by atoms with Gasteiger partial charge in [0.1, 0.15) is 0 Å². The summed E-state index contributed by atoms with van der Waals surface area (Å²) in [6, 6.07) is 2.38. The fraction of sp³-hybridized carbons (Fsp3) is 0.667. The van der Waals surface area contributed by atoms with Gasteiger partial charge in [-0.15, -0.1) is 23.1 Å². The van der Waals surface area contributed by atoms with Crippen LogP contribution in [0.5, 0.6) is 0 Å². The summed E-state index contributed by atoms with van der Waals surface area (Å²) in [5.41, 5.74) is 0.970. The SMILES string of the molecule is CC(NCC1CCCC(O)C1)c1cc2c(s1)SCC(=O)N2. The number of carbonyl (C=O) groups is 1. The van der Waals surface area contributed by atoms with E-state index < -0.39 is 0 Å². The topological polar surface area (TPSA) is 61.4 Å². The van der Waals surface area contributed by atoms with Gasteiger partial charge in [-0.05, 0) is 44.7 Å². The second-order valence-corrected chi connectivity index (χ2v) is 8.33. The van der Waals surface area contributed by atoms with Crippen molar-refractivity contribution in [2.45, 2.75) is 49.0 Å². The highest BCUT2D eigenvalue weighted by atomic mass is 32.2. The van der Waals surface area contributed by atoms with E-state index in [1.54, 1.807) is 23.1 Å². The molecule has 0 saturated heterocycles. The molecule has 2 heterocycles. The van der Waals surface area contributed by atoms with Crippen LogP contribution in [0.15, 0.2) is 10.3 Å². The fourth-order valence-corrected chi connectivity index (χ4v) is 5.18. The summed E-state index contributed by atoms with van der Waals surface area (Å²) < 4.78 is 1.21. The molecular weight excluding hydrogens is 304 g/mol. The van der Waals surface area contributed by atoms with Gasteiger partial charge in [-0.1, -0.05) is 6.42 Å². The van der Waals surface area contributed by atoms with Gasteiger partial charge in [0.25, 0.3) is 0 Å². The minimum atomic E-state index is -0.110. The van der Waals surface area contributed by atoms with Gasteiger partial charge in [0.2, 0.25) is 5.91 Å². The standard InChI is InChI=1S/C15H22N2O2S2/c1-9(16-7-10-3-2-4-11(18)5-10)13-6-12-15(21-13)20-8-14(19)17-12/h6,9-11,16,18H,2-5,7-8H2,1H3,(H,17,19). The van der Waals surface area contributed by atoms with Crippen LogP contribution in [0.2, 0.25) is 0 Å². The quantitative estimate of drug-likeness (QED) is 0.796. The molecule has 116 valence electrons. The van der Waals surface area contributed by atoms with Crippen molar-refractivity contribution in [3.63, 3.8) is 0 Å². The molecule has 0 bridgehead atoms. The van der Waals surface area contributed by atoms with E-state index in [0.29, 0.717) is 11.7 Å². The Bertz CT molecular complexity index is 518. The molecule has 3 N–H and O–H groups in total. The molecule has 2 aliphatic rings. The third kappa shape index (κ3) is 3.80. The van der Waals surface area contributed by atoms with Crippen LogP contribution in [0.1, 0.15) is 43.5 Å². The van der Waals surface area contributed by atoms with Crippen LogP contribution in [0.25, 0.3) is 0 Å². The van der Waals surface area contributed by atoms with E-state index in [1.165, 1.54) is 15.5 Å². The number of amides is 1. The molecule has 1 aliphatic heterocycles. The zero-order valence-corrected chi connectivity index (χ0v) is 13.9. The van der Waals surface area contributed by atoms with Crippen molar-refractivity contribution in [1.29, 1.82) is 0 Å². The van der Waals surface area contributed by atoms with Gasteiger partial charge in [0, 0.05) is 10.9 Å². The summed E-state index contributed by atoms with van der Waals surface area (Å²) in [6.45, 7) is 3.13. The fourth-order valence-electron chi connectivity index (χ4n) is 3.01. The van der Waals surface area contributed by atoms with Crippen molar-refractivity contribution < 1.29 is 9.90 Å². The van der Waals surface area contributed by atoms with Crippen molar-refractivity contribution in [3.8, 4) is 0 Å². The molecule has 0 aromatic carbocycles. The highest BCUT2D eigenvalue weighted by Crippen LogP contribution is 2.41. The predicted octanol–water partition coefficient (Wildman–Crippen LogP) is 2.99. The van der Waals surface area contributed by atoms with Crippen LogP contribution in [-0.4, -0.2) is 29.4 Å². The number of rotatable bonds is 4. The van der Waals surface area contributed by atoms with Gasteiger partial charge in [-0.3, -0.25) is 4.79 Å². The Morgan fingerprint density at radius 2 is 2.38 bits per heavy atom. The molecule has 21 heavy (non-hydrogen) atoms. The third-order valence-electron chi connectivity index (χ3n) is 4.22. The number of hydrogen-bond acceptors (Lipinski definition) is 5. The first-order valence-corrected chi connectivity index (χ1v) is 9.40. The number of carbonyl (C=O) groups excluding carboxylic acids is 1. The first-order valence-electron chi connectivity index (χ1n) is 7.59. The Morgan fingerprint density at radius 3 is 3.19 bits per heavy atom. The van der Waals surface area contributed by atoms with Crippen LogP contribution in [0, 0.1) is 5.92 Å². The Morgan fingerprint density at radius 1 is 1.52 bits per heavy atom. The van der Waals surface area contributed by atoms with E-state index in [1.807, 2.05) is 0 Å². The first-order chi connectivity index (χ1) is 10.1. The van der Waals surface area contributed by atoms with Crippen LogP contribution in [0.3, 0.4) is 0 Å². The predicted molar refractivity (Wildman–Crippen MR) is 88.1 cm³/mol. The molecule has 0 radical (unpaired) electrons. The van der Waals surface area contributed by atoms with Gasteiger partial charge in [-0.2, -0.15) is 0 Å². The maximum absolute atomic E-state index is 11.4. The molecule has 1 aromatic rings. The molecule has 6 heteroatoms. The van der Waals surface area contributed by atoms with E-state index in [9.17, 15) is 9.90 Å². The van der Waals surface area contributed by atoms with E-state index in [4.69, 9.17) is 0 Å². The normalized spacial score (nSPS) is 27.0. The first kappa shape index (κ1) is 15.3. The Kier molecular flexibility index (Phi) is 4.88. The van der Waals surface area contributed by atoms with Gasteiger partial charge in [0.15, 0.2) is 0 Å². The lowest BCUT2D eigenvalue weighted by molar-refractivity contribution is -0.113. The number of thiophene rings is 1. The van der Waals surface area contributed by atoms with Crippen LogP contribution in [0.4, 0.5) is 5.69 Å². The largest absolute Gasteiger partial charge is 0.393 e. The number of anilines is 1. The summed E-state index contributed by atoms with van der Waals surface area (Å²) in [4.78, 5) is 12.7. The van der Waals surface area contributed by atoms with Crippen molar-refractivity contribution >= 4 is 34.7 Å². The van der Waals surface area contributed by atoms with E-state index >= 15 is 0 Å². The number of nitrogens with one attached hydrogen (secondary N) is 2. The number of fused-ring (bicyclic) bond motifs is 1. The average molecular weight is 326 g/mol. The Hall–Kier alpha value is -0.560. The lowest BCUT2D eigenvalue weighted by atomic mass is 9.87. The monoisotopic (exact) mass is 326 g/mol. The van der Waals surface area contributed by atoms with Crippen molar-refractivity contribution in [3.05, 3.63) is 10.9 Å². The summed E-state index contributed by atoms with van der Waals surface area (Å²) in [5.74, 6) is 1.20. The zero-order chi connectivity index (χ0) is 14.8. The van der Waals surface area contributed by atoms with Crippen molar-refractivity contribution in [1.82, 2.24) is 5.32 Å². The van der Waals surface area contributed by atoms with E-state index in [-0.39, 0.29) is 18.1 Å². The molecule has 1 amide bonds. The smallest absolute Gasteiger partial charge is 0.234 e. The summed E-state index contributed by atoms with van der Waals surface area (Å²) in [5, 5.41) is 16.3. The van der Waals surface area contributed by atoms with Crippen LogP contribution < -0.4 is 10.6 Å². The third-order valence-corrected chi connectivity index (χ3v) is 6.82. The number of aliphatic hydroxyl groups excluding tert-OH is 1. The summed E-state index contributed by atoms with van der Waals surface area (Å²) in [6.07, 6.45) is 4.12. The molecule has 3 unspecified atom stereocenters. The maximum Gasteiger partial charge on any atom is 0.234 e. The van der Waals surface area contributed by atoms with Crippen LogP contribution in [-0.2, 0) is 4.79 Å². The van der Waals surface area contributed by atoms with Gasteiger partial charge >= 0.3 is 0 Å². The van der Waals surface area contributed by atoms with Crippen molar-refractivity contribution in [2.24, 2.45) is 5.92 Å². The molecular formula is C15H22N2O2S2. The average Bonchev–Trinajstić information content (AvgIpc) is 2.88. The summed E-state index contributed by atoms with van der Waals surface area (Å²) >= 11 is 3.40. The number of hydrogen-bond donors (Lipinski definition) is 3. The molecule has 1 fully saturated rings. The van der Waals surface area contributed by atoms with Crippen molar-refractivity contribution in [2.75, 3.05) is 17.6 Å². The van der Waals surface area contributed by atoms with Gasteiger partial charge < -0.3 is 15.7 Å². The lowest BCUT2D eigenvalue weighted by Crippen LogP contribution is -2.30. The zero-order valence-electron chi connectivity index (χ0n) is 12.2. The lowest BCUT2D eigenvalue weighted by Gasteiger charge is -2.27. The van der Waals surface area contributed by atoms with Gasteiger partial charge in [-0.25, -0.2) is 0 Å². The minimum Gasteiger partial charge on any atom is -0.393 e.